The fraction of sp³-hybridized carbons (Fsp3) is 0.333. The molecule has 0 aliphatic rings. The maximum absolute atomic E-state index is 6.33. The highest BCUT2D eigenvalue weighted by molar-refractivity contribution is 8.08. The Morgan fingerprint density at radius 2 is 1.09 bits per heavy atom. The van der Waals surface area contributed by atoms with Gasteiger partial charge in [-0.05, 0) is 48.7 Å². The molecular formula is C27H33O3PS. The fourth-order valence-corrected chi connectivity index (χ4v) is 5.52. The lowest BCUT2D eigenvalue weighted by molar-refractivity contribution is 0.382. The lowest BCUT2D eigenvalue weighted by atomic mass is 10.0. The van der Waals surface area contributed by atoms with Crippen LogP contribution in [-0.4, -0.2) is 0 Å². The Kier molecular flexibility index (Phi) is 10.1. The van der Waals surface area contributed by atoms with Crippen LogP contribution >= 0.6 is 6.72 Å². The van der Waals surface area contributed by atoms with Gasteiger partial charge in [-0.2, -0.15) is 0 Å². The zero-order valence-electron chi connectivity index (χ0n) is 18.8. The van der Waals surface area contributed by atoms with Crippen LogP contribution in [0.25, 0.3) is 0 Å². The summed E-state index contributed by atoms with van der Waals surface area (Å²) < 4.78 is 18.6. The van der Waals surface area contributed by atoms with Crippen molar-refractivity contribution in [3.05, 3.63) is 90.5 Å². The minimum atomic E-state index is -3.14. The molecule has 0 saturated heterocycles. The van der Waals surface area contributed by atoms with Crippen molar-refractivity contribution < 1.29 is 13.6 Å². The van der Waals surface area contributed by atoms with Crippen molar-refractivity contribution in [1.82, 2.24) is 0 Å². The number of unbranched alkanes of at least 4 members (excludes halogenated alkanes) is 6. The number of para-hydroxylation sites is 3. The second-order valence-corrected chi connectivity index (χ2v) is 10.6. The van der Waals surface area contributed by atoms with Crippen LogP contribution in [0.1, 0.15) is 57.4 Å². The quantitative estimate of drug-likeness (QED) is 0.175. The summed E-state index contributed by atoms with van der Waals surface area (Å²) >= 11 is 5.85. The van der Waals surface area contributed by atoms with Gasteiger partial charge in [0.2, 0.25) is 0 Å². The number of hydrogen-bond donors (Lipinski definition) is 0. The first kappa shape index (κ1) is 24.4. The summed E-state index contributed by atoms with van der Waals surface area (Å²) in [4.78, 5) is 0. The molecule has 32 heavy (non-hydrogen) atoms. The van der Waals surface area contributed by atoms with Crippen LogP contribution in [0, 0.1) is 0 Å². The molecule has 0 unspecified atom stereocenters. The first-order valence-corrected chi connectivity index (χ1v) is 14.1. The Hall–Kier alpha value is -2.29. The molecule has 0 N–H and O–H groups in total. The third kappa shape index (κ3) is 8.33. The van der Waals surface area contributed by atoms with E-state index in [9.17, 15) is 0 Å². The lowest BCUT2D eigenvalue weighted by Crippen LogP contribution is -2.08. The first-order chi connectivity index (χ1) is 15.7. The van der Waals surface area contributed by atoms with Crippen LogP contribution in [-0.2, 0) is 18.2 Å². The molecule has 0 fully saturated rings. The molecule has 0 amide bonds. The van der Waals surface area contributed by atoms with Gasteiger partial charge < -0.3 is 13.6 Å². The second kappa shape index (κ2) is 13.3. The van der Waals surface area contributed by atoms with Gasteiger partial charge in [-0.25, -0.2) is 0 Å². The van der Waals surface area contributed by atoms with E-state index in [1.807, 2.05) is 78.9 Å². The topological polar surface area (TPSA) is 27.7 Å². The zero-order valence-corrected chi connectivity index (χ0v) is 20.5. The average molecular weight is 469 g/mol. The molecule has 0 spiro atoms. The molecule has 170 valence electrons. The molecule has 0 bridgehead atoms. The molecule has 3 rings (SSSR count). The number of benzene rings is 3. The van der Waals surface area contributed by atoms with E-state index in [0.717, 1.165) is 24.2 Å². The first-order valence-electron chi connectivity index (χ1n) is 11.6. The summed E-state index contributed by atoms with van der Waals surface area (Å²) in [6.07, 6.45) is 9.89. The molecule has 3 aromatic carbocycles. The maximum Gasteiger partial charge on any atom is 0.490 e. The third-order valence-electron chi connectivity index (χ3n) is 5.15. The van der Waals surface area contributed by atoms with Crippen molar-refractivity contribution in [3.8, 4) is 17.2 Å². The van der Waals surface area contributed by atoms with Crippen molar-refractivity contribution in [2.24, 2.45) is 0 Å². The van der Waals surface area contributed by atoms with Crippen LogP contribution in [0.4, 0.5) is 0 Å². The Balaban J connectivity index is 1.69. The van der Waals surface area contributed by atoms with Gasteiger partial charge in [-0.15, -0.1) is 0 Å². The van der Waals surface area contributed by atoms with Gasteiger partial charge in [0.25, 0.3) is 0 Å². The normalized spacial score (nSPS) is 11.2. The van der Waals surface area contributed by atoms with E-state index >= 15 is 0 Å². The van der Waals surface area contributed by atoms with E-state index in [1.165, 1.54) is 38.5 Å². The van der Waals surface area contributed by atoms with Crippen molar-refractivity contribution in [2.75, 3.05) is 0 Å². The van der Waals surface area contributed by atoms with E-state index in [0.29, 0.717) is 11.5 Å². The highest BCUT2D eigenvalue weighted by Crippen LogP contribution is 2.50. The molecule has 0 aliphatic carbocycles. The minimum absolute atomic E-state index is 0.635. The summed E-state index contributed by atoms with van der Waals surface area (Å²) in [5.41, 5.74) is 1.14. The monoisotopic (exact) mass is 468 g/mol. The molecule has 5 heteroatoms. The van der Waals surface area contributed by atoms with Crippen LogP contribution in [0.3, 0.4) is 0 Å². The van der Waals surface area contributed by atoms with Crippen molar-refractivity contribution in [3.63, 3.8) is 0 Å². The third-order valence-corrected chi connectivity index (χ3v) is 7.11. The molecule has 0 atom stereocenters. The number of hydrogen-bond acceptors (Lipinski definition) is 4. The van der Waals surface area contributed by atoms with Crippen LogP contribution in [0.15, 0.2) is 84.9 Å². The van der Waals surface area contributed by atoms with E-state index < -0.39 is 6.72 Å². The lowest BCUT2D eigenvalue weighted by Gasteiger charge is -2.24. The van der Waals surface area contributed by atoms with Crippen molar-refractivity contribution in [1.29, 1.82) is 0 Å². The number of aryl methyl sites for hydroxylation is 1. The highest BCUT2D eigenvalue weighted by atomic mass is 32.5. The highest BCUT2D eigenvalue weighted by Gasteiger charge is 2.27. The zero-order chi connectivity index (χ0) is 22.5. The summed E-state index contributed by atoms with van der Waals surface area (Å²) in [5, 5.41) is 0. The molecule has 0 radical (unpaired) electrons. The predicted octanol–water partition coefficient (Wildman–Crippen LogP) is 8.74. The summed E-state index contributed by atoms with van der Waals surface area (Å²) in [6.45, 7) is -0.884. The van der Waals surface area contributed by atoms with E-state index in [1.54, 1.807) is 0 Å². The van der Waals surface area contributed by atoms with Gasteiger partial charge in [0.15, 0.2) is 0 Å². The summed E-state index contributed by atoms with van der Waals surface area (Å²) in [6, 6.07) is 27.0. The Morgan fingerprint density at radius 1 is 0.594 bits per heavy atom. The molecule has 0 aromatic heterocycles. The molecule has 0 saturated carbocycles. The molecule has 0 aliphatic heterocycles. The standard InChI is InChI=1S/C27H33O3PS/c1-2-3-4-5-6-7-10-17-24-18-15-16-23-27(24)30-31(32,28-25-19-11-8-12-20-25)29-26-21-13-9-14-22-26/h8-9,11-16,18-23H,2-7,10,17H2,1H3. The number of rotatable bonds is 14. The van der Waals surface area contributed by atoms with Gasteiger partial charge in [-0.3, -0.25) is 0 Å². The largest absolute Gasteiger partial charge is 0.490 e. The van der Waals surface area contributed by atoms with Gasteiger partial charge in [0, 0.05) is 11.8 Å². The van der Waals surface area contributed by atoms with E-state index in [-0.39, 0.29) is 0 Å². The Morgan fingerprint density at radius 3 is 1.69 bits per heavy atom. The Bertz CT molecular complexity index is 917. The fourth-order valence-electron chi connectivity index (χ4n) is 3.47. The molecule has 3 nitrogen and oxygen atoms in total. The molecule has 3 aromatic rings. The summed E-state index contributed by atoms with van der Waals surface area (Å²) in [7, 11) is 0. The van der Waals surface area contributed by atoms with Gasteiger partial charge in [0.1, 0.15) is 17.2 Å². The van der Waals surface area contributed by atoms with Gasteiger partial charge in [0.05, 0.1) is 0 Å². The van der Waals surface area contributed by atoms with Crippen LogP contribution in [0.5, 0.6) is 17.2 Å². The Labute approximate surface area is 198 Å². The second-order valence-electron chi connectivity index (χ2n) is 7.83. The van der Waals surface area contributed by atoms with E-state index in [2.05, 4.69) is 13.0 Å². The van der Waals surface area contributed by atoms with Gasteiger partial charge >= 0.3 is 6.72 Å². The van der Waals surface area contributed by atoms with Gasteiger partial charge in [-0.1, -0.05) is 100 Å². The summed E-state index contributed by atoms with van der Waals surface area (Å²) in [5.74, 6) is 2.02. The van der Waals surface area contributed by atoms with Crippen LogP contribution < -0.4 is 13.6 Å². The minimum Gasteiger partial charge on any atom is -0.407 e. The molecular weight excluding hydrogens is 435 g/mol. The maximum atomic E-state index is 6.33. The van der Waals surface area contributed by atoms with E-state index in [4.69, 9.17) is 25.4 Å². The predicted molar refractivity (Wildman–Crippen MR) is 137 cm³/mol. The molecule has 0 heterocycles. The van der Waals surface area contributed by atoms with Crippen molar-refractivity contribution >= 4 is 18.5 Å². The smallest absolute Gasteiger partial charge is 0.407 e. The van der Waals surface area contributed by atoms with Crippen molar-refractivity contribution in [2.45, 2.75) is 58.3 Å². The van der Waals surface area contributed by atoms with Crippen LogP contribution in [0.2, 0.25) is 0 Å². The SMILES string of the molecule is CCCCCCCCCc1ccccc1OP(=S)(Oc1ccccc1)Oc1ccccc1. The average Bonchev–Trinajstić information content (AvgIpc) is 2.80.